The Morgan fingerprint density at radius 2 is 1.58 bits per heavy atom. The number of ether oxygens (including phenoxy) is 1. The molecule has 196 valence electrons. The molecule has 0 saturated carbocycles. The number of phenols is 1. The monoisotopic (exact) mass is 560 g/mol. The van der Waals surface area contributed by atoms with Gasteiger partial charge >= 0.3 is 0 Å². The Kier molecular flexibility index (Phi) is 8.51. The molecule has 1 aliphatic rings. The van der Waals surface area contributed by atoms with Crippen molar-refractivity contribution >= 4 is 34.6 Å². The summed E-state index contributed by atoms with van der Waals surface area (Å²) in [5, 5.41) is 23.6. The van der Waals surface area contributed by atoms with Crippen molar-refractivity contribution in [1.29, 1.82) is 5.41 Å². The number of carbonyl (C=O) groups is 2. The van der Waals surface area contributed by atoms with Crippen molar-refractivity contribution in [3.8, 4) is 11.5 Å². The molecule has 0 radical (unpaired) electrons. The third-order valence-electron chi connectivity index (χ3n) is 6.06. The lowest BCUT2D eigenvalue weighted by atomic mass is 9.78. The predicted molar refractivity (Wildman–Crippen MR) is 147 cm³/mol. The van der Waals surface area contributed by atoms with Gasteiger partial charge in [-0.15, -0.1) is 17.0 Å². The molecule has 1 heterocycles. The number of amides is 2. The summed E-state index contributed by atoms with van der Waals surface area (Å²) in [6.07, 6.45) is 0. The van der Waals surface area contributed by atoms with Crippen LogP contribution in [-0.2, 0) is 17.4 Å². The zero-order valence-corrected chi connectivity index (χ0v) is 24.0. The summed E-state index contributed by atoms with van der Waals surface area (Å²) in [6, 6.07) is 6.80. The van der Waals surface area contributed by atoms with Crippen LogP contribution >= 0.6 is 17.0 Å². The van der Waals surface area contributed by atoms with Gasteiger partial charge in [-0.3, -0.25) is 25.4 Å². The van der Waals surface area contributed by atoms with Crippen LogP contribution in [0.3, 0.4) is 0 Å². The number of hydrogen-bond donors (Lipinski definition) is 4. The molecule has 0 bridgehead atoms. The first kappa shape index (κ1) is 29.2. The maximum atomic E-state index is 13.3. The van der Waals surface area contributed by atoms with Crippen molar-refractivity contribution in [3.63, 3.8) is 0 Å². The molecule has 2 aromatic rings. The van der Waals surface area contributed by atoms with Gasteiger partial charge in [0.2, 0.25) is 0 Å². The van der Waals surface area contributed by atoms with E-state index in [2.05, 4.69) is 10.7 Å². The van der Waals surface area contributed by atoms with Crippen molar-refractivity contribution in [2.45, 2.75) is 65.8 Å². The Balaban J connectivity index is 0.00000456. The average Bonchev–Trinajstić information content (AvgIpc) is 3.05. The molecular weight excluding hydrogens is 524 g/mol. The molecule has 9 heteroatoms. The van der Waals surface area contributed by atoms with E-state index < -0.39 is 0 Å². The maximum absolute atomic E-state index is 13.3. The number of benzene rings is 2. The summed E-state index contributed by atoms with van der Waals surface area (Å²) in [6.45, 7) is 14.4. The van der Waals surface area contributed by atoms with Gasteiger partial charge in [0.1, 0.15) is 17.3 Å². The average molecular weight is 562 g/mol. The highest BCUT2D eigenvalue weighted by atomic mass is 79.9. The van der Waals surface area contributed by atoms with Gasteiger partial charge in [-0.25, -0.2) is 0 Å². The second-order valence-corrected chi connectivity index (χ2v) is 10.8. The van der Waals surface area contributed by atoms with Gasteiger partial charge in [-0.1, -0.05) is 41.5 Å². The fourth-order valence-corrected chi connectivity index (χ4v) is 4.15. The van der Waals surface area contributed by atoms with Crippen molar-refractivity contribution in [2.75, 3.05) is 13.7 Å². The summed E-state index contributed by atoms with van der Waals surface area (Å²) in [5.74, 6) is 0.0467. The largest absolute Gasteiger partial charge is 0.507 e. The van der Waals surface area contributed by atoms with E-state index in [9.17, 15) is 14.7 Å². The first-order chi connectivity index (χ1) is 16.2. The van der Waals surface area contributed by atoms with Crippen LogP contribution < -0.4 is 15.5 Å². The number of hydrazine groups is 1. The first-order valence-electron chi connectivity index (χ1n) is 11.8. The van der Waals surface area contributed by atoms with Gasteiger partial charge in [0.15, 0.2) is 0 Å². The smallest absolute Gasteiger partial charge is 0.269 e. The second kappa shape index (κ2) is 10.5. The number of amidine groups is 1. The number of fused-ring (bicyclic) bond motifs is 1. The van der Waals surface area contributed by atoms with Crippen LogP contribution in [0.15, 0.2) is 24.3 Å². The number of rotatable bonds is 5. The minimum atomic E-state index is -0.380. The lowest BCUT2D eigenvalue weighted by Gasteiger charge is -2.28. The molecule has 4 N–H and O–H groups in total. The Hall–Kier alpha value is -3.07. The van der Waals surface area contributed by atoms with Gasteiger partial charge in [0, 0.05) is 29.3 Å². The van der Waals surface area contributed by atoms with Crippen molar-refractivity contribution < 1.29 is 19.4 Å². The summed E-state index contributed by atoms with van der Waals surface area (Å²) in [7, 11) is 1.54. The van der Waals surface area contributed by atoms with Crippen LogP contribution in [0, 0.1) is 5.41 Å². The zero-order chi connectivity index (χ0) is 26.3. The molecule has 2 aromatic carbocycles. The topological polar surface area (TPSA) is 115 Å². The van der Waals surface area contributed by atoms with Gasteiger partial charge in [0.05, 0.1) is 18.7 Å². The van der Waals surface area contributed by atoms with Crippen molar-refractivity contribution in [3.05, 3.63) is 57.6 Å². The second-order valence-electron chi connectivity index (χ2n) is 10.8. The van der Waals surface area contributed by atoms with Crippen LogP contribution in [0.1, 0.15) is 91.4 Å². The van der Waals surface area contributed by atoms with Crippen molar-refractivity contribution in [2.24, 2.45) is 0 Å². The SMILES string of the molecule is Br.CCOc1cc2c(cc1C(=O)NC)C(=N)N(NC(=O)c1cc(C(C)(C)C)c(O)c(C(C)(C)C)c1)C2. The molecule has 3 rings (SSSR count). The van der Waals surface area contributed by atoms with Crippen LogP contribution in [0.2, 0.25) is 0 Å². The molecule has 0 aromatic heterocycles. The minimum absolute atomic E-state index is 0. The lowest BCUT2D eigenvalue weighted by molar-refractivity contribution is 0.0868. The van der Waals surface area contributed by atoms with Crippen LogP contribution in [-0.4, -0.2) is 41.4 Å². The van der Waals surface area contributed by atoms with E-state index in [4.69, 9.17) is 10.1 Å². The fourth-order valence-electron chi connectivity index (χ4n) is 4.15. The Morgan fingerprint density at radius 1 is 1.03 bits per heavy atom. The van der Waals surface area contributed by atoms with E-state index in [0.29, 0.717) is 40.2 Å². The Labute approximate surface area is 223 Å². The number of nitrogens with zero attached hydrogens (tertiary/aromatic N) is 1. The quantitative estimate of drug-likeness (QED) is 0.419. The molecule has 8 nitrogen and oxygen atoms in total. The Bertz CT molecular complexity index is 1160. The minimum Gasteiger partial charge on any atom is -0.507 e. The zero-order valence-electron chi connectivity index (χ0n) is 22.3. The standard InChI is InChI=1S/C27H36N4O4.BrH/c1-9-35-21-12-16-14-31(23(28)17(16)13-18(21)25(34)29-8)30-24(33)15-10-19(26(2,3)4)22(32)20(11-15)27(5,6)7;/h10-13,28,32H,9,14H2,1-8H3,(H,29,34)(H,30,33);1H. The molecular formula is C27H37BrN4O4. The predicted octanol–water partition coefficient (Wildman–Crippen LogP) is 4.81. The molecule has 1 aliphatic heterocycles. The van der Waals surface area contributed by atoms with E-state index in [1.54, 1.807) is 31.3 Å². The van der Waals surface area contributed by atoms with Crippen LogP contribution in [0.4, 0.5) is 0 Å². The number of aromatic hydroxyl groups is 1. The molecule has 2 amide bonds. The van der Waals surface area contributed by atoms with Crippen LogP contribution in [0.5, 0.6) is 11.5 Å². The maximum Gasteiger partial charge on any atom is 0.269 e. The molecule has 0 spiro atoms. The molecule has 0 saturated heterocycles. The summed E-state index contributed by atoms with van der Waals surface area (Å²) in [5.41, 5.74) is 5.54. The van der Waals surface area contributed by atoms with Gasteiger partial charge in [0.25, 0.3) is 11.8 Å². The fraction of sp³-hybridized carbons (Fsp3) is 0.444. The highest BCUT2D eigenvalue weighted by molar-refractivity contribution is 8.93. The normalized spacial score (nSPS) is 13.1. The summed E-state index contributed by atoms with van der Waals surface area (Å²) >= 11 is 0. The summed E-state index contributed by atoms with van der Waals surface area (Å²) < 4.78 is 5.65. The van der Waals surface area contributed by atoms with E-state index in [1.165, 1.54) is 5.01 Å². The molecule has 0 atom stereocenters. The molecule has 36 heavy (non-hydrogen) atoms. The van der Waals surface area contributed by atoms with Crippen molar-refractivity contribution in [1.82, 2.24) is 15.8 Å². The molecule has 0 aliphatic carbocycles. The number of carbonyl (C=O) groups excluding carboxylic acids is 2. The number of nitrogens with one attached hydrogen (secondary N) is 3. The first-order valence-corrected chi connectivity index (χ1v) is 11.8. The van der Waals surface area contributed by atoms with Gasteiger partial charge in [-0.2, -0.15) is 0 Å². The van der Waals surface area contributed by atoms with E-state index >= 15 is 0 Å². The summed E-state index contributed by atoms with van der Waals surface area (Å²) in [4.78, 5) is 25.7. The Morgan fingerprint density at radius 3 is 2.06 bits per heavy atom. The van der Waals surface area contributed by atoms with E-state index in [0.717, 1.165) is 5.56 Å². The third kappa shape index (κ3) is 5.67. The highest BCUT2D eigenvalue weighted by Gasteiger charge is 2.31. The number of halogens is 1. The van der Waals surface area contributed by atoms with E-state index in [-0.39, 0.29) is 57.8 Å². The molecule has 0 unspecified atom stereocenters. The third-order valence-corrected chi connectivity index (χ3v) is 6.06. The van der Waals surface area contributed by atoms with Gasteiger partial charge < -0.3 is 15.2 Å². The van der Waals surface area contributed by atoms with E-state index in [1.807, 2.05) is 48.5 Å². The number of phenolic OH excluding ortho intramolecular Hbond substituents is 1. The van der Waals surface area contributed by atoms with Gasteiger partial charge in [-0.05, 0) is 47.6 Å². The molecule has 0 fully saturated rings. The number of hydrogen-bond acceptors (Lipinski definition) is 5. The highest BCUT2D eigenvalue weighted by Crippen LogP contribution is 2.40. The lowest BCUT2D eigenvalue weighted by Crippen LogP contribution is -2.42. The van der Waals surface area contributed by atoms with Crippen LogP contribution in [0.25, 0.3) is 0 Å².